The molecule has 1 fully saturated rings. The summed E-state index contributed by atoms with van der Waals surface area (Å²) in [6.45, 7) is 7.38. The fourth-order valence-corrected chi connectivity index (χ4v) is 3.75. The molecule has 6 heteroatoms. The van der Waals surface area contributed by atoms with Crippen molar-refractivity contribution < 1.29 is 9.59 Å². The van der Waals surface area contributed by atoms with E-state index in [4.69, 9.17) is 5.73 Å². The number of urea groups is 1. The predicted molar refractivity (Wildman–Crippen MR) is 97.9 cm³/mol. The van der Waals surface area contributed by atoms with Gasteiger partial charge in [0.2, 0.25) is 5.91 Å². The number of hydrogen-bond acceptors (Lipinski definition) is 3. The predicted octanol–water partition coefficient (Wildman–Crippen LogP) is 3.16. The molecule has 0 aromatic heterocycles. The molecule has 1 aliphatic rings. The summed E-state index contributed by atoms with van der Waals surface area (Å²) in [7, 11) is 0. The van der Waals surface area contributed by atoms with E-state index < -0.39 is 6.03 Å². The highest BCUT2D eigenvalue weighted by Gasteiger charge is 2.28. The molecule has 1 aliphatic heterocycles. The zero-order valence-corrected chi connectivity index (χ0v) is 15.4. The highest BCUT2D eigenvalue weighted by Crippen LogP contribution is 2.25. The van der Waals surface area contributed by atoms with Gasteiger partial charge in [-0.1, -0.05) is 26.0 Å². The first-order chi connectivity index (χ1) is 11.4. The molecule has 0 spiro atoms. The van der Waals surface area contributed by atoms with Crippen molar-refractivity contribution in [2.24, 2.45) is 11.7 Å². The standard InChI is InChI=1S/C18H27N3O2S/c1-12(2)24-16-8-6-14(7-9-16)13(3)20-17(22)15-5-4-10-21(11-15)18(19)23/h6-9,12-13,15H,4-5,10-11H2,1-3H3,(H2,19,23)(H,20,22)/t13-,15+/m1/s1. The van der Waals surface area contributed by atoms with Crippen LogP contribution in [0, 0.1) is 5.92 Å². The summed E-state index contributed by atoms with van der Waals surface area (Å²) in [4.78, 5) is 26.5. The average Bonchev–Trinajstić information content (AvgIpc) is 2.55. The number of amides is 3. The van der Waals surface area contributed by atoms with Gasteiger partial charge in [0, 0.05) is 23.2 Å². The SMILES string of the molecule is CC(C)Sc1ccc([C@@H](C)NC(=O)[C@H]2CCCN(C(N)=O)C2)cc1. The van der Waals surface area contributed by atoms with Crippen molar-refractivity contribution >= 4 is 23.7 Å². The number of rotatable bonds is 5. The van der Waals surface area contributed by atoms with Crippen LogP contribution < -0.4 is 11.1 Å². The van der Waals surface area contributed by atoms with Gasteiger partial charge in [-0.05, 0) is 37.5 Å². The number of primary amides is 1. The maximum absolute atomic E-state index is 12.5. The number of carbonyl (C=O) groups excluding carboxylic acids is 2. The lowest BCUT2D eigenvalue weighted by molar-refractivity contribution is -0.126. The van der Waals surface area contributed by atoms with Gasteiger partial charge in [-0.3, -0.25) is 4.79 Å². The molecule has 2 rings (SSSR count). The van der Waals surface area contributed by atoms with Crippen molar-refractivity contribution in [1.29, 1.82) is 0 Å². The summed E-state index contributed by atoms with van der Waals surface area (Å²) in [6, 6.07) is 7.81. The largest absolute Gasteiger partial charge is 0.351 e. The Labute approximate surface area is 148 Å². The quantitative estimate of drug-likeness (QED) is 0.802. The molecule has 1 aromatic carbocycles. The number of hydrogen-bond donors (Lipinski definition) is 2. The van der Waals surface area contributed by atoms with Crippen molar-refractivity contribution in [2.45, 2.75) is 49.8 Å². The van der Waals surface area contributed by atoms with Crippen LogP contribution in [0.15, 0.2) is 29.2 Å². The fraction of sp³-hybridized carbons (Fsp3) is 0.556. The Morgan fingerprint density at radius 3 is 2.50 bits per heavy atom. The van der Waals surface area contributed by atoms with E-state index in [1.54, 1.807) is 4.90 Å². The number of likely N-dealkylation sites (tertiary alicyclic amines) is 1. The molecule has 0 bridgehead atoms. The van der Waals surface area contributed by atoms with Gasteiger partial charge >= 0.3 is 6.03 Å². The highest BCUT2D eigenvalue weighted by atomic mass is 32.2. The molecule has 3 amide bonds. The minimum Gasteiger partial charge on any atom is -0.351 e. The molecule has 0 unspecified atom stereocenters. The lowest BCUT2D eigenvalue weighted by atomic mass is 9.96. The second-order valence-electron chi connectivity index (χ2n) is 6.59. The van der Waals surface area contributed by atoms with Crippen LogP contribution >= 0.6 is 11.8 Å². The first kappa shape index (κ1) is 18.6. The number of nitrogens with one attached hydrogen (secondary N) is 1. The summed E-state index contributed by atoms with van der Waals surface area (Å²) in [5, 5.41) is 3.61. The van der Waals surface area contributed by atoms with Gasteiger partial charge in [0.1, 0.15) is 0 Å². The molecule has 0 saturated carbocycles. The van der Waals surface area contributed by atoms with Gasteiger partial charge in [0.05, 0.1) is 12.0 Å². The topological polar surface area (TPSA) is 75.4 Å². The van der Waals surface area contributed by atoms with Crippen LogP contribution in [0.3, 0.4) is 0 Å². The second-order valence-corrected chi connectivity index (χ2v) is 8.24. The van der Waals surface area contributed by atoms with Crippen molar-refractivity contribution in [3.63, 3.8) is 0 Å². The van der Waals surface area contributed by atoms with Crippen LogP contribution in [-0.2, 0) is 4.79 Å². The molecule has 132 valence electrons. The maximum Gasteiger partial charge on any atom is 0.314 e. The lowest BCUT2D eigenvalue weighted by Gasteiger charge is -2.31. The number of piperidine rings is 1. The minimum atomic E-state index is -0.446. The van der Waals surface area contributed by atoms with Crippen LogP contribution in [0.4, 0.5) is 4.79 Å². The van der Waals surface area contributed by atoms with E-state index in [0.29, 0.717) is 18.3 Å². The summed E-state index contributed by atoms with van der Waals surface area (Å²) >= 11 is 1.82. The van der Waals surface area contributed by atoms with E-state index in [-0.39, 0.29) is 17.9 Å². The zero-order valence-electron chi connectivity index (χ0n) is 14.6. The molecule has 1 heterocycles. The van der Waals surface area contributed by atoms with Crippen LogP contribution in [0.2, 0.25) is 0 Å². The summed E-state index contributed by atoms with van der Waals surface area (Å²) in [6.07, 6.45) is 1.61. The third-order valence-electron chi connectivity index (χ3n) is 4.21. The van der Waals surface area contributed by atoms with Gasteiger partial charge in [-0.2, -0.15) is 0 Å². The maximum atomic E-state index is 12.5. The fourth-order valence-electron chi connectivity index (χ4n) is 2.91. The van der Waals surface area contributed by atoms with Gasteiger partial charge in [0.15, 0.2) is 0 Å². The molecule has 5 nitrogen and oxygen atoms in total. The molecular weight excluding hydrogens is 322 g/mol. The van der Waals surface area contributed by atoms with Crippen LogP contribution in [0.5, 0.6) is 0 Å². The number of nitrogens with zero attached hydrogens (tertiary/aromatic N) is 1. The summed E-state index contributed by atoms with van der Waals surface area (Å²) in [5.41, 5.74) is 6.41. The summed E-state index contributed by atoms with van der Waals surface area (Å²) < 4.78 is 0. The highest BCUT2D eigenvalue weighted by molar-refractivity contribution is 7.99. The molecule has 24 heavy (non-hydrogen) atoms. The Hall–Kier alpha value is -1.69. The second kappa shape index (κ2) is 8.42. The van der Waals surface area contributed by atoms with E-state index in [9.17, 15) is 9.59 Å². The lowest BCUT2D eigenvalue weighted by Crippen LogP contribution is -2.47. The Bertz CT molecular complexity index is 574. The number of thioether (sulfide) groups is 1. The van der Waals surface area contributed by atoms with Crippen molar-refractivity contribution in [1.82, 2.24) is 10.2 Å². The zero-order chi connectivity index (χ0) is 17.7. The van der Waals surface area contributed by atoms with E-state index >= 15 is 0 Å². The van der Waals surface area contributed by atoms with Crippen LogP contribution in [0.25, 0.3) is 0 Å². The third kappa shape index (κ3) is 5.16. The summed E-state index contributed by atoms with van der Waals surface area (Å²) in [5.74, 6) is -0.182. The number of benzene rings is 1. The Morgan fingerprint density at radius 1 is 1.25 bits per heavy atom. The van der Waals surface area contributed by atoms with E-state index in [1.165, 1.54) is 4.90 Å². The van der Waals surface area contributed by atoms with E-state index in [1.807, 2.05) is 18.7 Å². The molecule has 3 N–H and O–H groups in total. The molecule has 0 aliphatic carbocycles. The molecular formula is C18H27N3O2S. The molecule has 1 saturated heterocycles. The van der Waals surface area contributed by atoms with Crippen molar-refractivity contribution in [3.8, 4) is 0 Å². The Morgan fingerprint density at radius 2 is 1.92 bits per heavy atom. The van der Waals surface area contributed by atoms with Gasteiger partial charge < -0.3 is 16.0 Å². The normalized spacial score (nSPS) is 19.2. The van der Waals surface area contributed by atoms with Crippen LogP contribution in [-0.4, -0.2) is 35.2 Å². The first-order valence-corrected chi connectivity index (χ1v) is 9.36. The van der Waals surface area contributed by atoms with Crippen molar-refractivity contribution in [2.75, 3.05) is 13.1 Å². The van der Waals surface area contributed by atoms with Crippen LogP contribution in [0.1, 0.15) is 45.2 Å². The van der Waals surface area contributed by atoms with E-state index in [2.05, 4.69) is 43.4 Å². The monoisotopic (exact) mass is 349 g/mol. The van der Waals surface area contributed by atoms with Gasteiger partial charge in [-0.25, -0.2) is 4.79 Å². The molecule has 1 aromatic rings. The molecule has 2 atom stereocenters. The number of carbonyl (C=O) groups is 2. The smallest absolute Gasteiger partial charge is 0.314 e. The Balaban J connectivity index is 1.92. The van der Waals surface area contributed by atoms with Crippen molar-refractivity contribution in [3.05, 3.63) is 29.8 Å². The minimum absolute atomic E-state index is 0.00548. The number of nitrogens with two attached hydrogens (primary N) is 1. The van der Waals surface area contributed by atoms with E-state index in [0.717, 1.165) is 18.4 Å². The Kier molecular flexibility index (Phi) is 6.54. The third-order valence-corrected chi connectivity index (χ3v) is 5.23. The van der Waals surface area contributed by atoms with Gasteiger partial charge in [-0.15, -0.1) is 11.8 Å². The molecule has 0 radical (unpaired) electrons. The van der Waals surface area contributed by atoms with Gasteiger partial charge in [0.25, 0.3) is 0 Å². The average molecular weight is 350 g/mol. The first-order valence-electron chi connectivity index (χ1n) is 8.48.